The van der Waals surface area contributed by atoms with Gasteiger partial charge in [-0.3, -0.25) is 10.0 Å². The molecule has 1 aromatic carbocycles. The van der Waals surface area contributed by atoms with Crippen molar-refractivity contribution in [2.24, 2.45) is 0 Å². The maximum atomic E-state index is 13.2. The highest BCUT2D eigenvalue weighted by Gasteiger charge is 2.52. The number of alkyl halides is 3. The molecule has 0 radical (unpaired) electrons. The first-order chi connectivity index (χ1) is 14.1. The Balaban J connectivity index is 1.83. The van der Waals surface area contributed by atoms with Gasteiger partial charge in [-0.25, -0.2) is 18.9 Å². The maximum absolute atomic E-state index is 13.2. The van der Waals surface area contributed by atoms with Gasteiger partial charge in [0.05, 0.1) is 10.5 Å². The van der Waals surface area contributed by atoms with Crippen LogP contribution >= 0.6 is 11.8 Å². The number of hydrogen-bond donors (Lipinski definition) is 2. The fraction of sp³-hybridized carbons (Fsp3) is 0.333. The summed E-state index contributed by atoms with van der Waals surface area (Å²) in [4.78, 5) is 16.4. The number of sulfone groups is 1. The molecule has 1 saturated heterocycles. The molecule has 0 spiro atoms. The largest absolute Gasteiger partial charge is 0.417 e. The SMILES string of the molecule is O=C(NO)C1(S(=O)(=O)c2ccc(Sc3ccc(C(F)(F)F)cn3)cc2)CCOCC1. The maximum Gasteiger partial charge on any atom is 0.417 e. The van der Waals surface area contributed by atoms with Crippen molar-refractivity contribution in [3.05, 3.63) is 48.2 Å². The summed E-state index contributed by atoms with van der Waals surface area (Å²) in [6, 6.07) is 7.70. The number of halogens is 3. The zero-order chi connectivity index (χ0) is 22.0. The van der Waals surface area contributed by atoms with Crippen LogP contribution in [0, 0.1) is 0 Å². The zero-order valence-electron chi connectivity index (χ0n) is 15.3. The molecule has 7 nitrogen and oxygen atoms in total. The van der Waals surface area contributed by atoms with Crippen LogP contribution in [0.3, 0.4) is 0 Å². The highest BCUT2D eigenvalue weighted by atomic mass is 32.2. The number of pyridine rings is 1. The second-order valence-corrected chi connectivity index (χ2v) is 9.86. The van der Waals surface area contributed by atoms with E-state index in [9.17, 15) is 26.4 Å². The smallest absolute Gasteiger partial charge is 0.381 e. The molecule has 0 bridgehead atoms. The third kappa shape index (κ3) is 4.31. The highest BCUT2D eigenvalue weighted by molar-refractivity contribution is 7.99. The number of nitrogens with one attached hydrogen (secondary N) is 1. The predicted molar refractivity (Wildman–Crippen MR) is 99.7 cm³/mol. The fourth-order valence-electron chi connectivity index (χ4n) is 3.06. The van der Waals surface area contributed by atoms with Crippen molar-refractivity contribution in [2.45, 2.75) is 38.6 Å². The Morgan fingerprint density at radius 3 is 2.27 bits per heavy atom. The molecule has 1 amide bonds. The van der Waals surface area contributed by atoms with Crippen molar-refractivity contribution in [2.75, 3.05) is 13.2 Å². The van der Waals surface area contributed by atoms with Gasteiger partial charge in [0.25, 0.3) is 5.91 Å². The van der Waals surface area contributed by atoms with Crippen LogP contribution in [-0.4, -0.2) is 42.5 Å². The summed E-state index contributed by atoms with van der Waals surface area (Å²) in [6.45, 7) is 0.111. The van der Waals surface area contributed by atoms with Gasteiger partial charge in [0.15, 0.2) is 14.6 Å². The van der Waals surface area contributed by atoms with Gasteiger partial charge in [0, 0.05) is 24.3 Å². The number of carbonyl (C=O) groups is 1. The minimum absolute atomic E-state index is 0.0557. The summed E-state index contributed by atoms with van der Waals surface area (Å²) in [6.07, 6.45) is -3.96. The molecule has 2 N–H and O–H groups in total. The van der Waals surface area contributed by atoms with Gasteiger partial charge in [-0.2, -0.15) is 13.2 Å². The second-order valence-electron chi connectivity index (χ2n) is 6.51. The average Bonchev–Trinajstić information content (AvgIpc) is 2.73. The van der Waals surface area contributed by atoms with E-state index >= 15 is 0 Å². The molecule has 1 aliphatic rings. The number of ether oxygens (including phenoxy) is 1. The number of rotatable bonds is 5. The molecular formula is C18H17F3N2O5S2. The predicted octanol–water partition coefficient (Wildman–Crippen LogP) is 3.08. The van der Waals surface area contributed by atoms with Crippen LogP contribution in [-0.2, 0) is 25.5 Å². The lowest BCUT2D eigenvalue weighted by molar-refractivity contribution is -0.138. The van der Waals surface area contributed by atoms with Crippen molar-refractivity contribution in [1.82, 2.24) is 10.5 Å². The summed E-state index contributed by atoms with van der Waals surface area (Å²) < 4.78 is 67.5. The molecule has 2 aromatic rings. The van der Waals surface area contributed by atoms with Crippen molar-refractivity contribution in [1.29, 1.82) is 0 Å². The van der Waals surface area contributed by atoms with Crippen LogP contribution < -0.4 is 5.48 Å². The Kier molecular flexibility index (Phi) is 6.41. The standard InChI is InChI=1S/C18H17F3N2O5S2/c19-18(20,21)12-1-6-15(22-11-12)29-13-2-4-14(5-3-13)30(26,27)17(16(24)23-25)7-9-28-10-8-17/h1-6,11,25H,7-10H2,(H,23,24). The second kappa shape index (κ2) is 8.53. The Morgan fingerprint density at radius 2 is 1.77 bits per heavy atom. The summed E-state index contributed by atoms with van der Waals surface area (Å²) in [5, 5.41) is 9.36. The first-order valence-electron chi connectivity index (χ1n) is 8.68. The van der Waals surface area contributed by atoms with Gasteiger partial charge in [-0.05, 0) is 49.2 Å². The van der Waals surface area contributed by atoms with E-state index in [4.69, 9.17) is 9.94 Å². The van der Waals surface area contributed by atoms with E-state index in [0.717, 1.165) is 24.0 Å². The molecular weight excluding hydrogens is 445 g/mol. The van der Waals surface area contributed by atoms with Crippen molar-refractivity contribution >= 4 is 27.5 Å². The molecule has 0 aliphatic carbocycles. The van der Waals surface area contributed by atoms with E-state index in [2.05, 4.69) is 4.98 Å². The monoisotopic (exact) mass is 462 g/mol. The van der Waals surface area contributed by atoms with Crippen LogP contribution in [0.2, 0.25) is 0 Å². The number of hydroxylamine groups is 1. The molecule has 1 fully saturated rings. The summed E-state index contributed by atoms with van der Waals surface area (Å²) in [7, 11) is -4.15. The lowest BCUT2D eigenvalue weighted by atomic mass is 9.98. The first-order valence-corrected chi connectivity index (χ1v) is 11.0. The number of nitrogens with zero attached hydrogens (tertiary/aromatic N) is 1. The Morgan fingerprint density at radius 1 is 1.13 bits per heavy atom. The van der Waals surface area contributed by atoms with E-state index in [1.54, 1.807) is 0 Å². The molecule has 2 heterocycles. The van der Waals surface area contributed by atoms with E-state index in [-0.39, 0.29) is 31.0 Å². The van der Waals surface area contributed by atoms with Gasteiger partial charge < -0.3 is 4.74 Å². The third-order valence-corrected chi connectivity index (χ3v) is 8.22. The average molecular weight is 462 g/mol. The van der Waals surface area contributed by atoms with Gasteiger partial charge >= 0.3 is 6.18 Å². The van der Waals surface area contributed by atoms with Crippen molar-refractivity contribution < 1.29 is 36.3 Å². The molecule has 1 aliphatic heterocycles. The van der Waals surface area contributed by atoms with E-state index < -0.39 is 32.2 Å². The number of hydrogen-bond acceptors (Lipinski definition) is 7. The Labute approximate surface area is 174 Å². The Hall–Kier alpha value is -2.15. The number of aromatic nitrogens is 1. The minimum atomic E-state index is -4.48. The number of amides is 1. The first kappa shape index (κ1) is 22.5. The lowest BCUT2D eigenvalue weighted by Gasteiger charge is -2.34. The van der Waals surface area contributed by atoms with Crippen molar-refractivity contribution in [3.63, 3.8) is 0 Å². The summed E-state index contributed by atoms with van der Waals surface area (Å²) >= 11 is 1.06. The summed E-state index contributed by atoms with van der Waals surface area (Å²) in [5.41, 5.74) is 0.581. The van der Waals surface area contributed by atoms with Crippen LogP contribution in [0.1, 0.15) is 18.4 Å². The van der Waals surface area contributed by atoms with Gasteiger partial charge in [-0.15, -0.1) is 0 Å². The number of carbonyl (C=O) groups excluding carboxylic acids is 1. The van der Waals surface area contributed by atoms with Crippen LogP contribution in [0.5, 0.6) is 0 Å². The molecule has 30 heavy (non-hydrogen) atoms. The van der Waals surface area contributed by atoms with E-state index in [1.165, 1.54) is 35.8 Å². The van der Waals surface area contributed by atoms with Crippen molar-refractivity contribution in [3.8, 4) is 0 Å². The Bertz CT molecular complexity index is 1000. The van der Waals surface area contributed by atoms with Gasteiger partial charge in [-0.1, -0.05) is 11.8 Å². The van der Waals surface area contributed by atoms with E-state index in [0.29, 0.717) is 9.92 Å². The number of benzene rings is 1. The summed E-state index contributed by atoms with van der Waals surface area (Å²) in [5.74, 6) is -1.02. The van der Waals surface area contributed by atoms with Crippen LogP contribution in [0.25, 0.3) is 0 Å². The topological polar surface area (TPSA) is 106 Å². The molecule has 12 heteroatoms. The molecule has 0 unspecified atom stereocenters. The molecule has 0 atom stereocenters. The fourth-order valence-corrected chi connectivity index (χ4v) is 5.76. The quantitative estimate of drug-likeness (QED) is 0.520. The van der Waals surface area contributed by atoms with Gasteiger partial charge in [0.2, 0.25) is 0 Å². The lowest BCUT2D eigenvalue weighted by Crippen LogP contribution is -2.54. The highest BCUT2D eigenvalue weighted by Crippen LogP contribution is 2.37. The van der Waals surface area contributed by atoms with Crippen LogP contribution in [0.4, 0.5) is 13.2 Å². The molecule has 162 valence electrons. The third-order valence-electron chi connectivity index (χ3n) is 4.75. The zero-order valence-corrected chi connectivity index (χ0v) is 17.0. The minimum Gasteiger partial charge on any atom is -0.381 e. The van der Waals surface area contributed by atoms with Crippen LogP contribution in [0.15, 0.2) is 57.4 Å². The molecule has 1 aromatic heterocycles. The van der Waals surface area contributed by atoms with E-state index in [1.807, 2.05) is 0 Å². The normalized spacial score (nSPS) is 16.8. The molecule has 3 rings (SSSR count). The molecule has 0 saturated carbocycles. The van der Waals surface area contributed by atoms with Gasteiger partial charge in [0.1, 0.15) is 5.03 Å².